The van der Waals surface area contributed by atoms with Crippen molar-refractivity contribution < 1.29 is 9.32 Å². The van der Waals surface area contributed by atoms with E-state index in [-0.39, 0.29) is 11.2 Å². The van der Waals surface area contributed by atoms with E-state index in [1.807, 2.05) is 49.1 Å². The number of piperidine rings is 1. The van der Waals surface area contributed by atoms with E-state index in [1.165, 1.54) is 6.42 Å². The average molecular weight is 344 g/mol. The summed E-state index contributed by atoms with van der Waals surface area (Å²) < 4.78 is 5.25. The van der Waals surface area contributed by atoms with Crippen LogP contribution in [-0.2, 0) is 10.5 Å². The number of aromatic nitrogens is 1. The van der Waals surface area contributed by atoms with Crippen LogP contribution in [0, 0.1) is 13.8 Å². The molecule has 1 atom stereocenters. The smallest absolute Gasteiger partial charge is 0.240 e. The predicted molar refractivity (Wildman–Crippen MR) is 96.9 cm³/mol. The number of nitrogens with zero attached hydrogens (tertiary/aromatic N) is 2. The van der Waals surface area contributed by atoms with Gasteiger partial charge in [0.15, 0.2) is 0 Å². The molecule has 3 rings (SSSR count). The number of aryl methyl sites for hydroxylation is 2. The lowest BCUT2D eigenvalue weighted by molar-refractivity contribution is -0.131. The average Bonchev–Trinajstić information content (AvgIpc) is 2.95. The molecule has 128 valence electrons. The summed E-state index contributed by atoms with van der Waals surface area (Å²) in [7, 11) is 0. The molecule has 1 saturated heterocycles. The van der Waals surface area contributed by atoms with E-state index in [0.29, 0.717) is 0 Å². The summed E-state index contributed by atoms with van der Waals surface area (Å²) in [5, 5.41) is 3.85. The summed E-state index contributed by atoms with van der Waals surface area (Å²) in [5.74, 6) is 1.82. The van der Waals surface area contributed by atoms with E-state index in [0.717, 1.165) is 54.3 Å². The second-order valence-electron chi connectivity index (χ2n) is 6.29. The molecule has 2 heterocycles. The predicted octanol–water partition coefficient (Wildman–Crippen LogP) is 4.28. The van der Waals surface area contributed by atoms with Crippen molar-refractivity contribution in [1.82, 2.24) is 10.1 Å². The van der Waals surface area contributed by atoms with Gasteiger partial charge in [-0.1, -0.05) is 35.5 Å². The van der Waals surface area contributed by atoms with Crippen LogP contribution in [0.15, 0.2) is 34.9 Å². The van der Waals surface area contributed by atoms with Crippen LogP contribution in [0.1, 0.15) is 47.1 Å². The van der Waals surface area contributed by atoms with Crippen molar-refractivity contribution in [1.29, 1.82) is 0 Å². The van der Waals surface area contributed by atoms with Crippen LogP contribution >= 0.6 is 11.8 Å². The lowest BCUT2D eigenvalue weighted by atomic mass is 10.1. The Bertz CT molecular complexity index is 658. The molecule has 0 unspecified atom stereocenters. The first-order chi connectivity index (χ1) is 11.7. The van der Waals surface area contributed by atoms with Crippen molar-refractivity contribution in [2.24, 2.45) is 0 Å². The Kier molecular flexibility index (Phi) is 5.61. The Labute approximate surface area is 147 Å². The molecule has 4 nitrogen and oxygen atoms in total. The lowest BCUT2D eigenvalue weighted by Crippen LogP contribution is -2.38. The molecular formula is C19H24N2O2S. The van der Waals surface area contributed by atoms with Crippen molar-refractivity contribution in [3.63, 3.8) is 0 Å². The van der Waals surface area contributed by atoms with E-state index >= 15 is 0 Å². The van der Waals surface area contributed by atoms with Crippen LogP contribution in [0.3, 0.4) is 0 Å². The van der Waals surface area contributed by atoms with Crippen LogP contribution in [0.5, 0.6) is 0 Å². The molecular weight excluding hydrogens is 320 g/mol. The van der Waals surface area contributed by atoms with Gasteiger partial charge in [-0.05, 0) is 38.7 Å². The van der Waals surface area contributed by atoms with Gasteiger partial charge in [-0.2, -0.15) is 0 Å². The van der Waals surface area contributed by atoms with Gasteiger partial charge in [-0.3, -0.25) is 4.79 Å². The van der Waals surface area contributed by atoms with Gasteiger partial charge in [0.25, 0.3) is 0 Å². The molecule has 1 aliphatic heterocycles. The molecule has 0 N–H and O–H groups in total. The molecule has 0 saturated carbocycles. The third-order valence-corrected chi connectivity index (χ3v) is 5.83. The summed E-state index contributed by atoms with van der Waals surface area (Å²) in [6, 6.07) is 10.1. The van der Waals surface area contributed by atoms with Gasteiger partial charge in [-0.25, -0.2) is 0 Å². The molecule has 1 amide bonds. The van der Waals surface area contributed by atoms with Crippen molar-refractivity contribution in [3.8, 4) is 0 Å². The summed E-state index contributed by atoms with van der Waals surface area (Å²) in [4.78, 5) is 15.1. The van der Waals surface area contributed by atoms with Crippen LogP contribution in [0.2, 0.25) is 0 Å². The number of hydrogen-bond donors (Lipinski definition) is 0. The van der Waals surface area contributed by atoms with Gasteiger partial charge in [0.2, 0.25) is 5.91 Å². The van der Waals surface area contributed by atoms with Crippen molar-refractivity contribution >= 4 is 17.7 Å². The van der Waals surface area contributed by atoms with E-state index < -0.39 is 0 Å². The van der Waals surface area contributed by atoms with E-state index in [1.54, 1.807) is 11.8 Å². The summed E-state index contributed by atoms with van der Waals surface area (Å²) in [5.41, 5.74) is 3.09. The number of hydrogen-bond acceptors (Lipinski definition) is 4. The van der Waals surface area contributed by atoms with E-state index in [4.69, 9.17) is 4.52 Å². The highest BCUT2D eigenvalue weighted by Gasteiger charge is 2.28. The van der Waals surface area contributed by atoms with Gasteiger partial charge < -0.3 is 9.42 Å². The first-order valence-corrected chi connectivity index (χ1v) is 9.59. The first-order valence-electron chi connectivity index (χ1n) is 8.54. The quantitative estimate of drug-likeness (QED) is 0.812. The van der Waals surface area contributed by atoms with Gasteiger partial charge >= 0.3 is 0 Å². The Hall–Kier alpha value is -1.75. The topological polar surface area (TPSA) is 46.3 Å². The standard InChI is InChI=1S/C19H24N2O2S/c1-14-17(15(2)23-20-14)13-24-18(16-9-5-3-6-10-16)19(22)21-11-7-4-8-12-21/h3,5-6,9-10,18H,4,7-8,11-13H2,1-2H3/t18-/m0/s1. The Morgan fingerprint density at radius 1 is 1.21 bits per heavy atom. The zero-order valence-corrected chi connectivity index (χ0v) is 15.1. The highest BCUT2D eigenvalue weighted by molar-refractivity contribution is 7.99. The molecule has 1 aromatic carbocycles. The molecule has 0 aliphatic carbocycles. The molecule has 24 heavy (non-hydrogen) atoms. The summed E-state index contributed by atoms with van der Waals surface area (Å²) in [6.07, 6.45) is 3.45. The van der Waals surface area contributed by atoms with Crippen LogP contribution in [0.4, 0.5) is 0 Å². The maximum atomic E-state index is 13.1. The Morgan fingerprint density at radius 2 is 1.92 bits per heavy atom. The molecule has 0 spiro atoms. The number of likely N-dealkylation sites (tertiary alicyclic amines) is 1. The maximum Gasteiger partial charge on any atom is 0.240 e. The normalized spacial score (nSPS) is 16.2. The molecule has 1 aromatic heterocycles. The largest absolute Gasteiger partial charge is 0.361 e. The number of rotatable bonds is 5. The van der Waals surface area contributed by atoms with Crippen molar-refractivity contribution in [3.05, 3.63) is 52.9 Å². The van der Waals surface area contributed by atoms with Gasteiger partial charge in [0.1, 0.15) is 11.0 Å². The zero-order chi connectivity index (χ0) is 16.9. The number of carbonyl (C=O) groups excluding carboxylic acids is 1. The monoisotopic (exact) mass is 344 g/mol. The SMILES string of the molecule is Cc1noc(C)c1CS[C@H](C(=O)N1CCCCC1)c1ccccc1. The lowest BCUT2D eigenvalue weighted by Gasteiger charge is -2.30. The highest BCUT2D eigenvalue weighted by atomic mass is 32.2. The first kappa shape index (κ1) is 17.1. The van der Waals surface area contributed by atoms with E-state index in [9.17, 15) is 4.79 Å². The minimum absolute atomic E-state index is 0.169. The van der Waals surface area contributed by atoms with Crippen LogP contribution in [0.25, 0.3) is 0 Å². The zero-order valence-electron chi connectivity index (χ0n) is 14.3. The number of carbonyl (C=O) groups is 1. The molecule has 1 fully saturated rings. The number of amides is 1. The minimum atomic E-state index is -0.169. The van der Waals surface area contributed by atoms with Crippen LogP contribution < -0.4 is 0 Å². The molecule has 5 heteroatoms. The fourth-order valence-corrected chi connectivity index (χ4v) is 4.48. The molecule has 0 bridgehead atoms. The third-order valence-electron chi connectivity index (χ3n) is 4.57. The van der Waals surface area contributed by atoms with Crippen molar-refractivity contribution in [2.75, 3.05) is 13.1 Å². The summed E-state index contributed by atoms with van der Waals surface area (Å²) >= 11 is 1.67. The minimum Gasteiger partial charge on any atom is -0.361 e. The van der Waals surface area contributed by atoms with E-state index in [2.05, 4.69) is 5.16 Å². The fraction of sp³-hybridized carbons (Fsp3) is 0.474. The Morgan fingerprint density at radius 3 is 2.54 bits per heavy atom. The highest BCUT2D eigenvalue weighted by Crippen LogP contribution is 2.35. The molecule has 1 aliphatic rings. The molecule has 0 radical (unpaired) electrons. The van der Waals surface area contributed by atoms with Crippen LogP contribution in [-0.4, -0.2) is 29.1 Å². The van der Waals surface area contributed by atoms with Gasteiger partial charge in [0, 0.05) is 24.4 Å². The fourth-order valence-electron chi connectivity index (χ4n) is 3.09. The second kappa shape index (κ2) is 7.88. The van der Waals surface area contributed by atoms with Crippen molar-refractivity contribution in [2.45, 2.75) is 44.1 Å². The summed E-state index contributed by atoms with van der Waals surface area (Å²) in [6.45, 7) is 5.65. The van der Waals surface area contributed by atoms with Gasteiger partial charge in [0.05, 0.1) is 5.69 Å². The number of benzene rings is 1. The maximum absolute atomic E-state index is 13.1. The molecule has 2 aromatic rings. The van der Waals surface area contributed by atoms with Gasteiger partial charge in [-0.15, -0.1) is 11.8 Å². The number of thioether (sulfide) groups is 1. The Balaban J connectivity index is 1.78. The second-order valence-corrected chi connectivity index (χ2v) is 7.38. The third kappa shape index (κ3) is 3.83.